The van der Waals surface area contributed by atoms with Gasteiger partial charge in [-0.05, 0) is 155 Å². The molecule has 1 N–H and O–H groups in total. The third-order valence-corrected chi connectivity index (χ3v) is 48.2. The number of hydrogen-bond donors (Lipinski definition) is 1. The highest BCUT2D eigenvalue weighted by atomic mass is 127. The van der Waals surface area contributed by atoms with Gasteiger partial charge < -0.3 is 60.4 Å². The number of ether oxygens (including phenoxy) is 7. The first-order valence-corrected chi connectivity index (χ1v) is 51.9. The Morgan fingerprint density at radius 2 is 1.28 bits per heavy atom. The van der Waals surface area contributed by atoms with E-state index in [-0.39, 0.29) is 98.9 Å². The van der Waals surface area contributed by atoms with Crippen LogP contribution in [0.5, 0.6) is 0 Å². The number of unbranched alkanes of at least 4 members (excludes halogenated alkanes) is 1. The molecule has 0 aromatic heterocycles. The lowest BCUT2D eigenvalue weighted by atomic mass is 9.85. The van der Waals surface area contributed by atoms with Crippen molar-refractivity contribution in [2.24, 2.45) is 11.8 Å². The van der Waals surface area contributed by atoms with E-state index in [1.54, 1.807) is 14.2 Å². The molecular formula is C72H139IO14Si5. The van der Waals surface area contributed by atoms with Gasteiger partial charge >= 0.3 is 0 Å². The summed E-state index contributed by atoms with van der Waals surface area (Å²) in [6.45, 7) is 59.8. The summed E-state index contributed by atoms with van der Waals surface area (Å²) in [6.07, 6.45) is 10.0. The zero-order valence-electron chi connectivity index (χ0n) is 63.4. The van der Waals surface area contributed by atoms with Crippen molar-refractivity contribution in [3.8, 4) is 0 Å². The number of hydrogen-bond acceptors (Lipinski definition) is 14. The minimum absolute atomic E-state index is 0.00417. The third-order valence-electron chi connectivity index (χ3n) is 24.2. The van der Waals surface area contributed by atoms with Crippen LogP contribution in [0, 0.1) is 11.8 Å². The molecular weight excluding hydrogens is 1360 g/mol. The van der Waals surface area contributed by atoms with E-state index in [4.69, 9.17) is 55.3 Å². The number of allylic oxidation sites excluding steroid dienone is 2. The number of aliphatic hydroxyl groups excluding tert-OH is 1. The van der Waals surface area contributed by atoms with Gasteiger partial charge in [-0.3, -0.25) is 4.79 Å². The molecule has 0 aromatic rings. The fraction of sp³-hybridized carbons (Fsp3) is 0.931. The summed E-state index contributed by atoms with van der Waals surface area (Å²) in [6, 6.07) is 3.20. The normalized spacial score (nSPS) is 30.9. The van der Waals surface area contributed by atoms with Crippen molar-refractivity contribution >= 4 is 70.0 Å². The Bertz CT molecular complexity index is 2300. The van der Waals surface area contributed by atoms with Crippen LogP contribution < -0.4 is 0 Å². The highest BCUT2D eigenvalue weighted by molar-refractivity contribution is 14.1. The molecule has 0 aromatic carbocycles. The number of halogens is 1. The van der Waals surface area contributed by atoms with Crippen LogP contribution in [-0.4, -0.2) is 175 Å². The molecule has 92 heavy (non-hydrogen) atoms. The molecule has 5 saturated heterocycles. The summed E-state index contributed by atoms with van der Waals surface area (Å²) in [4.78, 5) is 14.9. The number of rotatable bonds is 35. The number of ketones is 1. The lowest BCUT2D eigenvalue weighted by molar-refractivity contribution is -0.269. The van der Waals surface area contributed by atoms with E-state index in [0.717, 1.165) is 79.7 Å². The van der Waals surface area contributed by atoms with Gasteiger partial charge in [0.2, 0.25) is 0 Å². The van der Waals surface area contributed by atoms with Gasteiger partial charge in [0.1, 0.15) is 35.8 Å². The Balaban J connectivity index is 1.37. The summed E-state index contributed by atoms with van der Waals surface area (Å²) in [5.41, 5.74) is -0.269. The molecule has 5 rings (SSSR count). The molecule has 14 nitrogen and oxygen atoms in total. The second-order valence-corrected chi connectivity index (χ2v) is 59.3. The van der Waals surface area contributed by atoms with E-state index in [2.05, 4.69) is 204 Å². The minimum atomic E-state index is -2.54. The molecule has 0 spiro atoms. The van der Waals surface area contributed by atoms with E-state index < -0.39 is 84.3 Å². The largest absolute Gasteiger partial charge is 0.501 e. The van der Waals surface area contributed by atoms with Gasteiger partial charge in [0.05, 0.1) is 80.5 Å². The molecule has 5 heterocycles. The summed E-state index contributed by atoms with van der Waals surface area (Å²) < 4.78 is 84.3. The van der Waals surface area contributed by atoms with E-state index >= 15 is 0 Å². The van der Waals surface area contributed by atoms with Crippen molar-refractivity contribution in [1.29, 1.82) is 0 Å². The summed E-state index contributed by atoms with van der Waals surface area (Å²) >= 11 is 2.51. The first-order valence-electron chi connectivity index (χ1n) is 36.2. The molecule has 5 aliphatic rings. The molecule has 5 fully saturated rings. The smallest absolute Gasteiger partial charge is 0.193 e. The Labute approximate surface area is 581 Å². The predicted octanol–water partition coefficient (Wildman–Crippen LogP) is 18.2. The first-order chi connectivity index (χ1) is 42.4. The van der Waals surface area contributed by atoms with Crippen LogP contribution in [0.4, 0.5) is 0 Å². The van der Waals surface area contributed by atoms with Gasteiger partial charge in [-0.2, -0.15) is 0 Å². The van der Waals surface area contributed by atoms with Crippen LogP contribution in [0.3, 0.4) is 0 Å². The van der Waals surface area contributed by atoms with Crippen molar-refractivity contribution in [2.45, 2.75) is 382 Å². The molecule has 7 unspecified atom stereocenters. The standard InChI is InChI=1S/C72H139IO14Si5/c1-28-51(50(5)76-18)43-54-38-40-62-72(49-73,84-54)47-55(80-62)35-33-32-34-36-60(86-90(24,25)70(12,13)14)66-67(87-91(26,27)71(15,16)17)63(75)65-59(83-66)39-37-53(81-65)44-52(74)45-57-58(41-42-78-92(29-2,30-3)31-4)82-61(64(57)77-19)46-56(85-89(22,23)69(9,10)11)48-79-88(20,21)68(6,7)8/h34,36,51,53-67,75H,5,28-33,35,37-49H2,1-4,6-27H3/b36-34+/t51?,53-,54?,55?,56+,57+,58?,59+,60+,61?,62+,63+,64-,65+,66+,67?,72?/m1/s1. The first kappa shape index (κ1) is 82.9. The monoisotopic (exact) mass is 1490 g/mol. The van der Waals surface area contributed by atoms with E-state index in [9.17, 15) is 9.90 Å². The van der Waals surface area contributed by atoms with E-state index in [1.165, 1.54) is 0 Å². The van der Waals surface area contributed by atoms with E-state index in [0.29, 0.717) is 38.9 Å². The topological polar surface area (TPSA) is 148 Å². The van der Waals surface area contributed by atoms with Crippen LogP contribution >= 0.6 is 22.6 Å². The average Bonchev–Trinajstić information content (AvgIpc) is 0.972. The van der Waals surface area contributed by atoms with Crippen LogP contribution in [-0.2, 0) is 60.1 Å². The third kappa shape index (κ3) is 21.2. The number of Topliss-reactive ketones (excluding diaryl/α,β-unsaturated/α-hetero) is 1. The quantitative estimate of drug-likeness (QED) is 0.0160. The molecule has 20 heteroatoms. The molecule has 0 radical (unpaired) electrons. The van der Waals surface area contributed by atoms with Crippen LogP contribution in [0.15, 0.2) is 24.5 Å². The van der Waals surface area contributed by atoms with Gasteiger partial charge in [-0.15, -0.1) is 0 Å². The number of carbonyl (C=O) groups excluding carboxylic acids is 1. The van der Waals surface area contributed by atoms with Crippen molar-refractivity contribution in [3.05, 3.63) is 24.5 Å². The minimum Gasteiger partial charge on any atom is -0.501 e. The van der Waals surface area contributed by atoms with Crippen molar-refractivity contribution in [3.63, 3.8) is 0 Å². The maximum absolute atomic E-state index is 14.9. The summed E-state index contributed by atoms with van der Waals surface area (Å²) in [5, 5.41) is 12.8. The number of fused-ring (bicyclic) bond motifs is 2. The van der Waals surface area contributed by atoms with Gasteiger partial charge in [-0.25, -0.2) is 0 Å². The molecule has 0 saturated carbocycles. The van der Waals surface area contributed by atoms with Gasteiger partial charge in [-0.1, -0.05) is 152 Å². The number of carbonyl (C=O) groups is 1. The van der Waals surface area contributed by atoms with E-state index in [1.807, 2.05) is 0 Å². The average molecular weight is 1500 g/mol. The zero-order valence-corrected chi connectivity index (χ0v) is 70.5. The number of methoxy groups -OCH3 is 2. The van der Waals surface area contributed by atoms with Crippen LogP contribution in [0.1, 0.15) is 201 Å². The van der Waals surface area contributed by atoms with Gasteiger partial charge in [0.25, 0.3) is 0 Å². The molecule has 5 aliphatic heterocycles. The molecule has 0 aliphatic carbocycles. The molecule has 538 valence electrons. The van der Waals surface area contributed by atoms with Crippen molar-refractivity contribution in [2.75, 3.05) is 31.9 Å². The number of alkyl halides is 1. The van der Waals surface area contributed by atoms with Crippen molar-refractivity contribution < 1.29 is 65.2 Å². The molecule has 17 atom stereocenters. The lowest BCUT2D eigenvalue weighted by Crippen LogP contribution is -2.67. The second kappa shape index (κ2) is 33.8. The van der Waals surface area contributed by atoms with Gasteiger partial charge in [0.15, 0.2) is 41.6 Å². The van der Waals surface area contributed by atoms with Gasteiger partial charge in [0, 0.05) is 55.7 Å². The predicted molar refractivity (Wildman–Crippen MR) is 398 cm³/mol. The Morgan fingerprint density at radius 1 is 0.685 bits per heavy atom. The SMILES string of the molecule is C=C(OC)C(CC)CC1CC[C@@H]2OC(CCC/C=C/[C@H](O[Si](C)(C)C(C)(C)C)[C@@H]3O[C@H]4CC[C@H](CC(=O)C[C@H]5C(CCO[Si](CC)(CC)CC)OC(C[C@@H](CO[Si](C)(C)C(C)(C)C)O[Si](C)(C)C(C)(C)C)[C@@H]5OC)O[C@@H]4[C@H](O)C3O[Si](C)(C)C(C)(C)C)CC2(CI)O1. The zero-order chi connectivity index (χ0) is 69.4. The highest BCUT2D eigenvalue weighted by Gasteiger charge is 2.57. The van der Waals surface area contributed by atoms with Crippen LogP contribution in [0.25, 0.3) is 0 Å². The molecule has 0 bridgehead atoms. The highest BCUT2D eigenvalue weighted by Crippen LogP contribution is 2.49. The molecule has 0 amide bonds. The van der Waals surface area contributed by atoms with Crippen molar-refractivity contribution in [1.82, 2.24) is 0 Å². The summed E-state index contributed by atoms with van der Waals surface area (Å²) in [5.74, 6) is 1.03. The summed E-state index contributed by atoms with van der Waals surface area (Å²) in [7, 11) is -7.73. The Hall–Kier alpha value is 0.284. The number of aliphatic hydroxyl groups is 1. The van der Waals surface area contributed by atoms with Crippen LogP contribution in [0.2, 0.25) is 90.7 Å². The Kier molecular flexibility index (Phi) is 30.5. The fourth-order valence-corrected chi connectivity index (χ4v) is 22.2. The second-order valence-electron chi connectivity index (χ2n) is 34.7. The fourth-order valence-electron chi connectivity index (χ4n) is 13.6. The maximum Gasteiger partial charge on any atom is 0.193 e. The Morgan fingerprint density at radius 3 is 1.84 bits per heavy atom. The maximum atomic E-state index is 14.9. The lowest BCUT2D eigenvalue weighted by Gasteiger charge is -2.53.